The van der Waals surface area contributed by atoms with E-state index in [-0.39, 0.29) is 5.91 Å². The molecule has 1 fully saturated rings. The van der Waals surface area contributed by atoms with Gasteiger partial charge in [0.2, 0.25) is 0 Å². The van der Waals surface area contributed by atoms with Crippen molar-refractivity contribution in [3.8, 4) is 10.4 Å². The number of carbonyl (C=O) groups excluding carboxylic acids is 1. The van der Waals surface area contributed by atoms with Crippen molar-refractivity contribution in [2.75, 3.05) is 13.1 Å². The molecule has 2 heterocycles. The van der Waals surface area contributed by atoms with Gasteiger partial charge in [0.25, 0.3) is 5.91 Å². The molecule has 1 aromatic heterocycles. The molecule has 5 rings (SSSR count). The van der Waals surface area contributed by atoms with E-state index in [4.69, 9.17) is 15.0 Å². The lowest BCUT2D eigenvalue weighted by molar-refractivity contribution is 0.0748. The maximum absolute atomic E-state index is 13.8. The number of nitrogens with zero attached hydrogens (tertiary/aromatic N) is 4. The standard InChI is InChI=1S/C28H32N4OS/c1-16-6-9-22(12-17(16)2)27-26(29-20(5)34-27)28(33)32(15-21-7-8-21)11-10-25-30-23-13-18(3)19(4)14-24(23)31-25/h6,9,12-13,21H,7-8,10-11,14-15H2,1-5H3. The number of amides is 1. The van der Waals surface area contributed by atoms with Crippen LogP contribution in [0.1, 0.15) is 66.2 Å². The van der Waals surface area contributed by atoms with Gasteiger partial charge in [0, 0.05) is 25.9 Å². The lowest BCUT2D eigenvalue weighted by atomic mass is 9.97. The molecule has 0 N–H and O–H groups in total. The Kier molecular flexibility index (Phi) is 6.11. The van der Waals surface area contributed by atoms with Crippen molar-refractivity contribution in [3.05, 3.63) is 62.9 Å². The van der Waals surface area contributed by atoms with Crippen molar-refractivity contribution < 1.29 is 4.79 Å². The van der Waals surface area contributed by atoms with Crippen LogP contribution in [0.15, 0.2) is 51.1 Å². The highest BCUT2D eigenvalue weighted by Gasteiger charge is 2.30. The molecule has 0 radical (unpaired) electrons. The Morgan fingerprint density at radius 2 is 1.88 bits per heavy atom. The van der Waals surface area contributed by atoms with Gasteiger partial charge in [0.15, 0.2) is 0 Å². The summed E-state index contributed by atoms with van der Waals surface area (Å²) in [4.78, 5) is 31.0. The fourth-order valence-corrected chi connectivity index (χ4v) is 5.35. The summed E-state index contributed by atoms with van der Waals surface area (Å²) >= 11 is 1.60. The van der Waals surface area contributed by atoms with E-state index in [0.29, 0.717) is 24.6 Å². The highest BCUT2D eigenvalue weighted by Crippen LogP contribution is 2.34. The summed E-state index contributed by atoms with van der Waals surface area (Å²) in [5.41, 5.74) is 8.82. The number of aryl methyl sites for hydroxylation is 3. The fourth-order valence-electron chi connectivity index (χ4n) is 4.44. The van der Waals surface area contributed by atoms with Crippen LogP contribution in [0.5, 0.6) is 0 Å². The van der Waals surface area contributed by atoms with Crippen molar-refractivity contribution in [1.29, 1.82) is 0 Å². The number of fused-ring (bicyclic) bond motifs is 1. The van der Waals surface area contributed by atoms with Gasteiger partial charge < -0.3 is 4.90 Å². The van der Waals surface area contributed by atoms with Crippen LogP contribution < -0.4 is 0 Å². The molecule has 6 heteroatoms. The van der Waals surface area contributed by atoms with Gasteiger partial charge in [-0.25, -0.2) is 15.0 Å². The molecule has 5 nitrogen and oxygen atoms in total. The van der Waals surface area contributed by atoms with Crippen LogP contribution in [-0.4, -0.2) is 40.4 Å². The van der Waals surface area contributed by atoms with Crippen LogP contribution in [0.2, 0.25) is 0 Å². The first-order valence-electron chi connectivity index (χ1n) is 12.2. The van der Waals surface area contributed by atoms with Crippen LogP contribution in [0, 0.1) is 26.7 Å². The van der Waals surface area contributed by atoms with Crippen LogP contribution >= 0.6 is 11.3 Å². The third-order valence-corrected chi connectivity index (χ3v) is 8.06. The Bertz CT molecular complexity index is 1290. The molecule has 0 saturated heterocycles. The number of rotatable bonds is 7. The number of aromatic nitrogens is 1. The number of thiazole rings is 1. The second kappa shape index (κ2) is 9.06. The Labute approximate surface area is 206 Å². The quantitative estimate of drug-likeness (QED) is 0.465. The first kappa shape index (κ1) is 22.9. The third kappa shape index (κ3) is 4.69. The van der Waals surface area contributed by atoms with Gasteiger partial charge in [0.1, 0.15) is 11.5 Å². The third-order valence-electron chi connectivity index (χ3n) is 7.04. The number of hydrogen-bond acceptors (Lipinski definition) is 5. The molecule has 176 valence electrons. The molecule has 1 aromatic carbocycles. The number of aliphatic imine (C=N–C) groups is 2. The molecule has 0 unspecified atom stereocenters. The molecule has 0 bridgehead atoms. The van der Waals surface area contributed by atoms with Crippen molar-refractivity contribution in [1.82, 2.24) is 9.88 Å². The Morgan fingerprint density at radius 3 is 2.62 bits per heavy atom. The van der Waals surface area contributed by atoms with Gasteiger partial charge in [-0.3, -0.25) is 4.79 Å². The Balaban J connectivity index is 1.37. The minimum Gasteiger partial charge on any atom is -0.337 e. The van der Waals surface area contributed by atoms with Crippen LogP contribution in [-0.2, 0) is 0 Å². The monoisotopic (exact) mass is 472 g/mol. The summed E-state index contributed by atoms with van der Waals surface area (Å²) in [5, 5.41) is 0.920. The van der Waals surface area contributed by atoms with E-state index in [0.717, 1.165) is 45.7 Å². The maximum Gasteiger partial charge on any atom is 0.274 e. The molecule has 0 atom stereocenters. The summed E-state index contributed by atoms with van der Waals surface area (Å²) in [6.45, 7) is 11.9. The zero-order chi connectivity index (χ0) is 24.0. The topological polar surface area (TPSA) is 57.9 Å². The normalized spacial score (nSPS) is 17.4. The van der Waals surface area contributed by atoms with E-state index in [1.54, 1.807) is 11.3 Å². The highest BCUT2D eigenvalue weighted by atomic mass is 32.1. The lowest BCUT2D eigenvalue weighted by Crippen LogP contribution is -2.35. The smallest absolute Gasteiger partial charge is 0.274 e. The van der Waals surface area contributed by atoms with Crippen LogP contribution in [0.25, 0.3) is 10.4 Å². The van der Waals surface area contributed by atoms with Crippen LogP contribution in [0.4, 0.5) is 0 Å². The SMILES string of the molecule is CC1=C(C)CC2=NC(CCN(CC3CC3)C(=O)c3nc(C)sc3-c3ccc(C)c(C)c3)=NC2=C1. The molecule has 0 spiro atoms. The summed E-state index contributed by atoms with van der Waals surface area (Å²) in [5.74, 6) is 1.47. The van der Waals surface area contributed by atoms with Crippen molar-refractivity contribution in [2.45, 2.75) is 60.3 Å². The number of amidine groups is 1. The summed E-state index contributed by atoms with van der Waals surface area (Å²) in [7, 11) is 0. The Morgan fingerprint density at radius 1 is 1.09 bits per heavy atom. The van der Waals surface area contributed by atoms with Crippen molar-refractivity contribution >= 4 is 28.8 Å². The summed E-state index contributed by atoms with van der Waals surface area (Å²) in [6.07, 6.45) is 6.06. The largest absolute Gasteiger partial charge is 0.337 e. The number of benzene rings is 1. The van der Waals surface area contributed by atoms with Gasteiger partial charge in [-0.2, -0.15) is 0 Å². The van der Waals surface area contributed by atoms with Crippen molar-refractivity contribution in [2.24, 2.45) is 15.9 Å². The van der Waals surface area contributed by atoms with E-state index in [1.807, 2.05) is 11.8 Å². The minimum atomic E-state index is 0.0284. The van der Waals surface area contributed by atoms with E-state index in [9.17, 15) is 4.79 Å². The van der Waals surface area contributed by atoms with Crippen molar-refractivity contribution in [3.63, 3.8) is 0 Å². The predicted molar refractivity (Wildman–Crippen MR) is 141 cm³/mol. The minimum absolute atomic E-state index is 0.0284. The second-order valence-corrected chi connectivity index (χ2v) is 11.1. The first-order chi connectivity index (χ1) is 16.3. The first-order valence-corrected chi connectivity index (χ1v) is 13.0. The molecule has 2 aromatic rings. The van der Waals surface area contributed by atoms with Crippen LogP contribution in [0.3, 0.4) is 0 Å². The van der Waals surface area contributed by atoms with E-state index in [2.05, 4.69) is 52.0 Å². The van der Waals surface area contributed by atoms with Gasteiger partial charge in [0.05, 0.1) is 21.3 Å². The van der Waals surface area contributed by atoms with Gasteiger partial charge in [-0.1, -0.05) is 23.8 Å². The average molecular weight is 473 g/mol. The number of hydrogen-bond donors (Lipinski definition) is 0. The predicted octanol–water partition coefficient (Wildman–Crippen LogP) is 6.45. The molecular formula is C28H32N4OS. The summed E-state index contributed by atoms with van der Waals surface area (Å²) in [6, 6.07) is 6.40. The van der Waals surface area contributed by atoms with Gasteiger partial charge >= 0.3 is 0 Å². The highest BCUT2D eigenvalue weighted by molar-refractivity contribution is 7.15. The number of allylic oxidation sites excluding steroid dienone is 4. The van der Waals surface area contributed by atoms with Gasteiger partial charge in [-0.15, -0.1) is 11.3 Å². The fraction of sp³-hybridized carbons (Fsp3) is 0.429. The van der Waals surface area contributed by atoms with E-state index >= 15 is 0 Å². The van der Waals surface area contributed by atoms with E-state index < -0.39 is 0 Å². The lowest BCUT2D eigenvalue weighted by Gasteiger charge is -2.22. The molecule has 1 amide bonds. The zero-order valence-corrected chi connectivity index (χ0v) is 21.6. The van der Waals surface area contributed by atoms with E-state index in [1.165, 1.54) is 35.1 Å². The number of carbonyl (C=O) groups is 1. The summed E-state index contributed by atoms with van der Waals surface area (Å²) < 4.78 is 0. The van der Waals surface area contributed by atoms with Gasteiger partial charge in [-0.05, 0) is 81.7 Å². The molecule has 1 saturated carbocycles. The maximum atomic E-state index is 13.8. The second-order valence-electron chi connectivity index (χ2n) is 9.91. The molecule has 34 heavy (non-hydrogen) atoms. The molecular weight excluding hydrogens is 440 g/mol. The molecule has 3 aliphatic rings. The molecule has 2 aliphatic carbocycles. The average Bonchev–Trinajstić information content (AvgIpc) is 3.41. The molecule has 1 aliphatic heterocycles. The Hall–Kier alpha value is -2.86. The zero-order valence-electron chi connectivity index (χ0n) is 20.7.